The zero-order valence-electron chi connectivity index (χ0n) is 8.06. The van der Waals surface area contributed by atoms with Crippen LogP contribution in [0.2, 0.25) is 0 Å². The third-order valence-electron chi connectivity index (χ3n) is 1.72. The Balaban J connectivity index is 3.02. The monoisotopic (exact) mass is 214 g/mol. The Hall–Kier alpha value is -1.23. The average Bonchev–Trinajstić information content (AvgIpc) is 2.07. The van der Waals surface area contributed by atoms with Gasteiger partial charge in [-0.1, -0.05) is 0 Å². The molecule has 0 bridgehead atoms. The number of nitro benzene ring substituents is 1. The highest BCUT2D eigenvalue weighted by molar-refractivity contribution is 7.94. The third-order valence-corrected chi connectivity index (χ3v) is 2.61. The molecule has 0 aliphatic heterocycles. The first-order chi connectivity index (χ1) is 6.50. The van der Waals surface area contributed by atoms with Gasteiger partial charge in [-0.15, -0.1) is 0 Å². The summed E-state index contributed by atoms with van der Waals surface area (Å²) in [5.41, 5.74) is 0.677. The van der Waals surface area contributed by atoms with Crippen LogP contribution in [0, 0.1) is 10.1 Å². The SMILES string of the molecule is C[S+](C)Cc1cc([N+](=O)[O-])ccc1O. The number of hydrogen-bond acceptors (Lipinski definition) is 3. The fourth-order valence-corrected chi connectivity index (χ4v) is 1.97. The lowest BCUT2D eigenvalue weighted by molar-refractivity contribution is -0.384. The Morgan fingerprint density at radius 2 is 2.14 bits per heavy atom. The maximum atomic E-state index is 10.5. The first-order valence-electron chi connectivity index (χ1n) is 4.01. The van der Waals surface area contributed by atoms with E-state index in [1.165, 1.54) is 18.2 Å². The van der Waals surface area contributed by atoms with E-state index in [-0.39, 0.29) is 22.3 Å². The molecular formula is C9H12NO3S+. The van der Waals surface area contributed by atoms with Gasteiger partial charge in [0.2, 0.25) is 0 Å². The molecule has 1 N–H and O–H groups in total. The number of phenolic OH excluding ortho intramolecular Hbond substituents is 1. The van der Waals surface area contributed by atoms with Crippen LogP contribution in [0.15, 0.2) is 18.2 Å². The van der Waals surface area contributed by atoms with E-state index in [4.69, 9.17) is 0 Å². The Labute approximate surface area is 85.1 Å². The lowest BCUT2D eigenvalue weighted by Crippen LogP contribution is -2.00. The van der Waals surface area contributed by atoms with Crippen molar-refractivity contribution >= 4 is 16.6 Å². The molecule has 0 spiro atoms. The van der Waals surface area contributed by atoms with Crippen molar-refractivity contribution in [3.8, 4) is 5.75 Å². The first kappa shape index (κ1) is 10.8. The Bertz CT molecular complexity index is 352. The minimum Gasteiger partial charge on any atom is -0.507 e. The van der Waals surface area contributed by atoms with Crippen LogP contribution < -0.4 is 0 Å². The zero-order chi connectivity index (χ0) is 10.7. The molecular weight excluding hydrogens is 202 g/mol. The van der Waals surface area contributed by atoms with Gasteiger partial charge >= 0.3 is 0 Å². The minimum absolute atomic E-state index is 0.0308. The maximum absolute atomic E-state index is 10.5. The van der Waals surface area contributed by atoms with Crippen LogP contribution in [0.3, 0.4) is 0 Å². The van der Waals surface area contributed by atoms with Crippen molar-refractivity contribution in [2.75, 3.05) is 12.5 Å². The molecule has 14 heavy (non-hydrogen) atoms. The molecule has 0 saturated heterocycles. The normalized spacial score (nSPS) is 10.5. The number of nitro groups is 1. The van der Waals surface area contributed by atoms with Gasteiger partial charge in [-0.2, -0.15) is 0 Å². The number of non-ortho nitro benzene ring substituents is 1. The molecule has 0 aliphatic carbocycles. The molecule has 5 heteroatoms. The van der Waals surface area contributed by atoms with Gasteiger partial charge in [-0.05, 0) is 17.0 Å². The lowest BCUT2D eigenvalue weighted by Gasteiger charge is -2.01. The van der Waals surface area contributed by atoms with Crippen molar-refractivity contribution in [1.82, 2.24) is 0 Å². The van der Waals surface area contributed by atoms with Crippen molar-refractivity contribution < 1.29 is 10.0 Å². The zero-order valence-corrected chi connectivity index (χ0v) is 8.87. The van der Waals surface area contributed by atoms with E-state index in [2.05, 4.69) is 0 Å². The van der Waals surface area contributed by atoms with E-state index >= 15 is 0 Å². The van der Waals surface area contributed by atoms with E-state index in [0.29, 0.717) is 11.3 Å². The summed E-state index contributed by atoms with van der Waals surface area (Å²) in [4.78, 5) is 10.0. The van der Waals surface area contributed by atoms with Crippen LogP contribution in [-0.2, 0) is 16.6 Å². The van der Waals surface area contributed by atoms with Gasteiger partial charge in [0.25, 0.3) is 5.69 Å². The fourth-order valence-electron chi connectivity index (χ4n) is 1.11. The molecule has 0 saturated carbocycles. The lowest BCUT2D eigenvalue weighted by atomic mass is 10.2. The smallest absolute Gasteiger partial charge is 0.270 e. The van der Waals surface area contributed by atoms with E-state index in [0.717, 1.165) is 0 Å². The van der Waals surface area contributed by atoms with Crippen LogP contribution >= 0.6 is 0 Å². The second-order valence-corrected chi connectivity index (χ2v) is 5.46. The molecule has 0 heterocycles. The molecule has 0 amide bonds. The minimum atomic E-state index is -0.452. The van der Waals surface area contributed by atoms with Crippen LogP contribution in [0.25, 0.3) is 0 Å². The van der Waals surface area contributed by atoms with E-state index in [1.807, 2.05) is 12.5 Å². The summed E-state index contributed by atoms with van der Waals surface area (Å²) in [6.07, 6.45) is 4.05. The second-order valence-electron chi connectivity index (χ2n) is 3.20. The number of hydrogen-bond donors (Lipinski definition) is 1. The maximum Gasteiger partial charge on any atom is 0.270 e. The van der Waals surface area contributed by atoms with Crippen LogP contribution in [0.5, 0.6) is 5.75 Å². The summed E-state index contributed by atoms with van der Waals surface area (Å²) in [6.45, 7) is 0. The molecule has 0 unspecified atom stereocenters. The van der Waals surface area contributed by atoms with Gasteiger partial charge in [-0.25, -0.2) is 0 Å². The highest BCUT2D eigenvalue weighted by Crippen LogP contribution is 2.24. The molecule has 4 nitrogen and oxygen atoms in total. The number of nitrogens with zero attached hydrogens (tertiary/aromatic N) is 1. The van der Waals surface area contributed by atoms with Crippen molar-refractivity contribution in [3.05, 3.63) is 33.9 Å². The molecule has 0 aliphatic rings. The van der Waals surface area contributed by atoms with Gasteiger partial charge < -0.3 is 5.11 Å². The van der Waals surface area contributed by atoms with Crippen molar-refractivity contribution in [2.24, 2.45) is 0 Å². The largest absolute Gasteiger partial charge is 0.507 e. The molecule has 0 aromatic heterocycles. The number of phenols is 1. The molecule has 0 atom stereocenters. The quantitative estimate of drug-likeness (QED) is 0.473. The Morgan fingerprint density at radius 1 is 1.50 bits per heavy atom. The van der Waals surface area contributed by atoms with Crippen LogP contribution in [0.4, 0.5) is 5.69 Å². The van der Waals surface area contributed by atoms with Gasteiger partial charge in [0, 0.05) is 17.7 Å². The van der Waals surface area contributed by atoms with Gasteiger partial charge in [0.1, 0.15) is 11.5 Å². The predicted octanol–water partition coefficient (Wildman–Crippen LogP) is 1.68. The van der Waals surface area contributed by atoms with E-state index in [1.54, 1.807) is 0 Å². The first-order valence-corrected chi connectivity index (χ1v) is 6.22. The predicted molar refractivity (Wildman–Crippen MR) is 57.7 cm³/mol. The van der Waals surface area contributed by atoms with Crippen LogP contribution in [0.1, 0.15) is 5.56 Å². The summed E-state index contributed by atoms with van der Waals surface area (Å²) in [7, 11) is 0.119. The van der Waals surface area contributed by atoms with Crippen molar-refractivity contribution in [3.63, 3.8) is 0 Å². The van der Waals surface area contributed by atoms with Crippen LogP contribution in [-0.4, -0.2) is 22.5 Å². The Kier molecular flexibility index (Phi) is 3.35. The van der Waals surface area contributed by atoms with Crippen molar-refractivity contribution in [1.29, 1.82) is 0 Å². The molecule has 76 valence electrons. The molecule has 1 rings (SSSR count). The van der Waals surface area contributed by atoms with Gasteiger partial charge in [-0.3, -0.25) is 10.1 Å². The summed E-state index contributed by atoms with van der Waals surface area (Å²) in [5, 5.41) is 19.9. The van der Waals surface area contributed by atoms with Gasteiger partial charge in [0.15, 0.2) is 0 Å². The average molecular weight is 214 g/mol. The van der Waals surface area contributed by atoms with Crippen molar-refractivity contribution in [2.45, 2.75) is 5.75 Å². The van der Waals surface area contributed by atoms with E-state index in [9.17, 15) is 15.2 Å². The molecule has 0 radical (unpaired) electrons. The highest BCUT2D eigenvalue weighted by atomic mass is 32.2. The standard InChI is InChI=1S/C9H11NO3S/c1-14(2)6-7-5-8(10(12)13)3-4-9(7)11/h3-5H,6H2,1-2H3/p+1. The summed E-state index contributed by atoms with van der Waals surface area (Å²) >= 11 is 0. The third kappa shape index (κ3) is 2.63. The topological polar surface area (TPSA) is 63.4 Å². The number of benzene rings is 1. The Morgan fingerprint density at radius 3 is 2.64 bits per heavy atom. The van der Waals surface area contributed by atoms with E-state index < -0.39 is 4.92 Å². The highest BCUT2D eigenvalue weighted by Gasteiger charge is 2.14. The molecule has 0 fully saturated rings. The van der Waals surface area contributed by atoms with Gasteiger partial charge in [0.05, 0.1) is 17.4 Å². The number of aromatic hydroxyl groups is 1. The summed E-state index contributed by atoms with van der Waals surface area (Å²) in [6, 6.07) is 4.12. The summed E-state index contributed by atoms with van der Waals surface area (Å²) < 4.78 is 0. The molecule has 1 aromatic carbocycles. The summed E-state index contributed by atoms with van der Waals surface area (Å²) in [5.74, 6) is 0.810. The number of rotatable bonds is 3. The molecule has 1 aromatic rings. The fraction of sp³-hybridized carbons (Fsp3) is 0.333. The second kappa shape index (κ2) is 4.32.